The van der Waals surface area contributed by atoms with E-state index in [4.69, 9.17) is 14.5 Å². The number of aromatic nitrogens is 1. The van der Waals surface area contributed by atoms with E-state index in [1.54, 1.807) is 14.0 Å². The molecule has 3 unspecified atom stereocenters. The molecule has 1 aromatic carbocycles. The van der Waals surface area contributed by atoms with Crippen molar-refractivity contribution in [1.82, 2.24) is 4.98 Å². The number of fused-ring (bicyclic) bond motifs is 1. The molecule has 0 aliphatic heterocycles. The van der Waals surface area contributed by atoms with Crippen LogP contribution in [0.3, 0.4) is 0 Å². The summed E-state index contributed by atoms with van der Waals surface area (Å²) in [5.74, 6) is 0.171. The number of carbonyl (C=O) groups excluding carboxylic acids is 1. The third-order valence-corrected chi connectivity index (χ3v) is 5.90. The van der Waals surface area contributed by atoms with Crippen LogP contribution in [-0.2, 0) is 14.9 Å². The van der Waals surface area contributed by atoms with Crippen LogP contribution in [0, 0.1) is 17.2 Å². The number of rotatable bonds is 8. The first-order valence-electron chi connectivity index (χ1n) is 10.0. The summed E-state index contributed by atoms with van der Waals surface area (Å²) in [6.07, 6.45) is 2.69. The second kappa shape index (κ2) is 8.28. The Balaban J connectivity index is 2.11. The lowest BCUT2D eigenvalue weighted by molar-refractivity contribution is 0.0524. The number of ether oxygens (including phenoxy) is 2. The van der Waals surface area contributed by atoms with Crippen LogP contribution in [0.2, 0.25) is 0 Å². The zero-order chi connectivity index (χ0) is 20.3. The molecule has 3 rings (SSSR count). The van der Waals surface area contributed by atoms with Gasteiger partial charge in [-0.25, -0.2) is 4.79 Å². The second-order valence-corrected chi connectivity index (χ2v) is 7.63. The average molecular weight is 380 g/mol. The van der Waals surface area contributed by atoms with Crippen molar-refractivity contribution >= 4 is 16.9 Å². The van der Waals surface area contributed by atoms with Gasteiger partial charge in [0.05, 0.1) is 29.5 Å². The van der Waals surface area contributed by atoms with Crippen molar-refractivity contribution < 1.29 is 14.3 Å². The van der Waals surface area contributed by atoms with Gasteiger partial charge in [-0.05, 0) is 55.7 Å². The summed E-state index contributed by atoms with van der Waals surface area (Å²) in [7, 11) is 1.72. The molecular weight excluding hydrogens is 352 g/mol. The Labute approximate surface area is 166 Å². The van der Waals surface area contributed by atoms with E-state index in [2.05, 4.69) is 25.1 Å². The van der Waals surface area contributed by atoms with E-state index < -0.39 is 11.4 Å². The molecule has 5 heteroatoms. The zero-order valence-corrected chi connectivity index (χ0v) is 17.1. The predicted octanol–water partition coefficient (Wildman–Crippen LogP) is 4.74. The molecule has 1 fully saturated rings. The smallest absolute Gasteiger partial charge is 0.340 e. The Bertz CT molecular complexity index is 918. The molecule has 0 saturated heterocycles. The SMILES string of the molecule is CCOC(=O)c1cc2ccc(C(CC)CCOC)cc2nc1C1(C#N)CC1C. The van der Waals surface area contributed by atoms with Gasteiger partial charge < -0.3 is 9.47 Å². The van der Waals surface area contributed by atoms with Crippen molar-refractivity contribution in [2.75, 3.05) is 20.3 Å². The Morgan fingerprint density at radius 3 is 2.71 bits per heavy atom. The van der Waals surface area contributed by atoms with Gasteiger partial charge in [-0.2, -0.15) is 5.26 Å². The van der Waals surface area contributed by atoms with Gasteiger partial charge in [0.15, 0.2) is 0 Å². The van der Waals surface area contributed by atoms with Crippen molar-refractivity contribution in [3.8, 4) is 6.07 Å². The Morgan fingerprint density at radius 1 is 1.39 bits per heavy atom. The number of hydrogen-bond acceptors (Lipinski definition) is 5. The van der Waals surface area contributed by atoms with Gasteiger partial charge in [-0.1, -0.05) is 26.0 Å². The summed E-state index contributed by atoms with van der Waals surface area (Å²) < 4.78 is 10.5. The maximum atomic E-state index is 12.6. The number of carbonyl (C=O) groups is 1. The average Bonchev–Trinajstić information content (AvgIpc) is 3.38. The summed E-state index contributed by atoms with van der Waals surface area (Å²) in [5, 5.41) is 10.7. The third-order valence-electron chi connectivity index (χ3n) is 5.90. The minimum absolute atomic E-state index is 0.184. The summed E-state index contributed by atoms with van der Waals surface area (Å²) in [6.45, 7) is 6.99. The molecule has 0 spiro atoms. The lowest BCUT2D eigenvalue weighted by Gasteiger charge is -2.17. The predicted molar refractivity (Wildman–Crippen MR) is 108 cm³/mol. The topological polar surface area (TPSA) is 72.2 Å². The number of nitrogens with zero attached hydrogens (tertiary/aromatic N) is 2. The van der Waals surface area contributed by atoms with E-state index in [1.165, 1.54) is 5.56 Å². The van der Waals surface area contributed by atoms with Crippen molar-refractivity contribution in [3.63, 3.8) is 0 Å². The first-order chi connectivity index (χ1) is 13.5. The molecule has 2 aromatic rings. The number of esters is 1. The lowest BCUT2D eigenvalue weighted by Crippen LogP contribution is -2.17. The van der Waals surface area contributed by atoms with E-state index in [-0.39, 0.29) is 5.92 Å². The molecule has 1 aliphatic rings. The van der Waals surface area contributed by atoms with Gasteiger partial charge in [0.25, 0.3) is 0 Å². The highest BCUT2D eigenvalue weighted by molar-refractivity contribution is 5.96. The van der Waals surface area contributed by atoms with Gasteiger partial charge in [0.2, 0.25) is 0 Å². The molecule has 3 atom stereocenters. The third kappa shape index (κ3) is 3.62. The summed E-state index contributed by atoms with van der Waals surface area (Å²) in [6, 6.07) is 10.4. The quantitative estimate of drug-likeness (QED) is 0.618. The van der Waals surface area contributed by atoms with E-state index >= 15 is 0 Å². The largest absolute Gasteiger partial charge is 0.462 e. The molecule has 148 valence electrons. The molecule has 1 aliphatic carbocycles. The maximum absolute atomic E-state index is 12.6. The Morgan fingerprint density at radius 2 is 2.14 bits per heavy atom. The molecule has 0 radical (unpaired) electrons. The van der Waals surface area contributed by atoms with E-state index in [1.807, 2.05) is 19.1 Å². The van der Waals surface area contributed by atoms with Gasteiger partial charge in [-0.3, -0.25) is 4.98 Å². The summed E-state index contributed by atoms with van der Waals surface area (Å²) in [5.41, 5.74) is 2.33. The van der Waals surface area contributed by atoms with Crippen LogP contribution in [0.4, 0.5) is 0 Å². The minimum atomic E-state index is -0.688. The molecule has 1 saturated carbocycles. The first-order valence-corrected chi connectivity index (χ1v) is 10.0. The standard InChI is InChI=1S/C23H28N2O3/c1-5-16(9-10-27-4)17-7-8-18-11-19(22(26)28-6-2)21(25-20(18)12-17)23(14-24)13-15(23)3/h7-8,11-12,15-16H,5-6,9-10,13H2,1-4H3. The van der Waals surface area contributed by atoms with Gasteiger partial charge in [0, 0.05) is 19.1 Å². The fraction of sp³-hybridized carbons (Fsp3) is 0.522. The van der Waals surface area contributed by atoms with E-state index in [0.29, 0.717) is 30.4 Å². The van der Waals surface area contributed by atoms with Crippen LogP contribution in [-0.4, -0.2) is 31.3 Å². The van der Waals surface area contributed by atoms with Crippen molar-refractivity contribution in [3.05, 3.63) is 41.1 Å². The molecule has 0 N–H and O–H groups in total. The molecule has 0 amide bonds. The van der Waals surface area contributed by atoms with E-state index in [0.717, 1.165) is 30.2 Å². The Kier molecular flexibility index (Phi) is 6.00. The zero-order valence-electron chi connectivity index (χ0n) is 17.1. The second-order valence-electron chi connectivity index (χ2n) is 7.63. The Hall–Kier alpha value is -2.45. The van der Waals surface area contributed by atoms with Crippen LogP contribution in [0.5, 0.6) is 0 Å². The molecule has 28 heavy (non-hydrogen) atoms. The molecule has 5 nitrogen and oxygen atoms in total. The molecular formula is C23H28N2O3. The summed E-state index contributed by atoms with van der Waals surface area (Å²) in [4.78, 5) is 17.4. The highest BCUT2D eigenvalue weighted by atomic mass is 16.5. The molecule has 1 heterocycles. The number of benzene rings is 1. The van der Waals surface area contributed by atoms with Crippen molar-refractivity contribution in [1.29, 1.82) is 5.26 Å². The summed E-state index contributed by atoms with van der Waals surface area (Å²) >= 11 is 0. The van der Waals surface area contributed by atoms with Crippen LogP contribution in [0.25, 0.3) is 10.9 Å². The van der Waals surface area contributed by atoms with E-state index in [9.17, 15) is 10.1 Å². The molecule has 0 bridgehead atoms. The minimum Gasteiger partial charge on any atom is -0.462 e. The molecule has 1 aromatic heterocycles. The lowest BCUT2D eigenvalue weighted by atomic mass is 9.91. The van der Waals surface area contributed by atoms with Gasteiger partial charge in [-0.15, -0.1) is 0 Å². The maximum Gasteiger partial charge on any atom is 0.340 e. The van der Waals surface area contributed by atoms with Crippen molar-refractivity contribution in [2.45, 2.75) is 51.4 Å². The number of hydrogen-bond donors (Lipinski definition) is 0. The monoisotopic (exact) mass is 380 g/mol. The highest BCUT2D eigenvalue weighted by Gasteiger charge is 2.56. The fourth-order valence-electron chi connectivity index (χ4n) is 3.97. The number of nitriles is 1. The van der Waals surface area contributed by atoms with Crippen LogP contribution in [0.1, 0.15) is 67.6 Å². The number of methoxy groups -OCH3 is 1. The fourth-order valence-corrected chi connectivity index (χ4v) is 3.97. The van der Waals surface area contributed by atoms with Crippen molar-refractivity contribution in [2.24, 2.45) is 5.92 Å². The number of pyridine rings is 1. The highest BCUT2D eigenvalue weighted by Crippen LogP contribution is 2.54. The normalized spacial score (nSPS) is 21.9. The van der Waals surface area contributed by atoms with Crippen LogP contribution in [0.15, 0.2) is 24.3 Å². The first kappa shape index (κ1) is 20.3. The van der Waals surface area contributed by atoms with Gasteiger partial charge in [0.1, 0.15) is 5.41 Å². The van der Waals surface area contributed by atoms with Crippen LogP contribution < -0.4 is 0 Å². The van der Waals surface area contributed by atoms with Gasteiger partial charge >= 0.3 is 5.97 Å². The van der Waals surface area contributed by atoms with Crippen LogP contribution >= 0.6 is 0 Å².